The Morgan fingerprint density at radius 1 is 0.947 bits per heavy atom. The number of hydrogen-bond acceptors (Lipinski definition) is 2. The quantitative estimate of drug-likeness (QED) is 0.834. The van der Waals surface area contributed by atoms with Crippen molar-refractivity contribution < 1.29 is 18.3 Å². The van der Waals surface area contributed by atoms with E-state index < -0.39 is 17.5 Å². The minimum absolute atomic E-state index is 0.0257. The zero-order valence-electron chi connectivity index (χ0n) is 9.96. The van der Waals surface area contributed by atoms with Gasteiger partial charge in [0, 0.05) is 23.9 Å². The zero-order chi connectivity index (χ0) is 13.8. The second kappa shape index (κ2) is 5.75. The van der Waals surface area contributed by atoms with Crippen molar-refractivity contribution in [1.29, 1.82) is 0 Å². The molecule has 100 valence electrons. The van der Waals surface area contributed by atoms with E-state index in [2.05, 4.69) is 5.32 Å². The number of anilines is 1. The molecule has 0 aromatic heterocycles. The van der Waals surface area contributed by atoms with Crippen LogP contribution in [0.25, 0.3) is 0 Å². The van der Waals surface area contributed by atoms with Crippen LogP contribution in [-0.2, 0) is 13.2 Å². The molecule has 0 unspecified atom stereocenters. The number of aliphatic hydroxyl groups excluding tert-OH is 1. The highest BCUT2D eigenvalue weighted by Crippen LogP contribution is 2.16. The molecule has 0 aliphatic heterocycles. The van der Waals surface area contributed by atoms with Crippen molar-refractivity contribution in [2.24, 2.45) is 0 Å². The average Bonchev–Trinajstić information content (AvgIpc) is 2.41. The molecular formula is C14H12F3NO. The standard InChI is InChI=1S/C14H12F3NO/c15-12-6-14(17)13(16)5-10(12)7-18-11-3-1-2-9(4-11)8-19/h1-6,18-19H,7-8H2. The van der Waals surface area contributed by atoms with E-state index in [1.807, 2.05) is 0 Å². The second-order valence-corrected chi connectivity index (χ2v) is 4.07. The van der Waals surface area contributed by atoms with Gasteiger partial charge in [0.25, 0.3) is 0 Å². The molecule has 0 spiro atoms. The highest BCUT2D eigenvalue weighted by atomic mass is 19.2. The first-order valence-corrected chi connectivity index (χ1v) is 5.67. The fraction of sp³-hybridized carbons (Fsp3) is 0.143. The highest BCUT2D eigenvalue weighted by Gasteiger charge is 2.09. The van der Waals surface area contributed by atoms with Crippen LogP contribution in [-0.4, -0.2) is 5.11 Å². The van der Waals surface area contributed by atoms with Gasteiger partial charge in [-0.05, 0) is 23.8 Å². The number of benzene rings is 2. The van der Waals surface area contributed by atoms with Crippen molar-refractivity contribution >= 4 is 5.69 Å². The Labute approximate surface area is 108 Å². The summed E-state index contributed by atoms with van der Waals surface area (Å²) in [6, 6.07) is 8.25. The van der Waals surface area contributed by atoms with Crippen molar-refractivity contribution in [1.82, 2.24) is 0 Å². The van der Waals surface area contributed by atoms with Crippen LogP contribution in [0.15, 0.2) is 36.4 Å². The molecule has 5 heteroatoms. The molecule has 0 saturated carbocycles. The minimum atomic E-state index is -1.21. The first-order valence-electron chi connectivity index (χ1n) is 5.67. The van der Waals surface area contributed by atoms with E-state index in [0.717, 1.165) is 6.07 Å². The summed E-state index contributed by atoms with van der Waals surface area (Å²) in [5.41, 5.74) is 1.40. The van der Waals surface area contributed by atoms with Gasteiger partial charge in [-0.1, -0.05) is 12.1 Å². The van der Waals surface area contributed by atoms with Gasteiger partial charge in [-0.25, -0.2) is 13.2 Å². The molecule has 19 heavy (non-hydrogen) atoms. The Bertz CT molecular complexity index is 587. The van der Waals surface area contributed by atoms with E-state index in [1.54, 1.807) is 24.3 Å². The maximum Gasteiger partial charge on any atom is 0.161 e. The summed E-state index contributed by atoms with van der Waals surface area (Å²) in [6.45, 7) is -0.0764. The van der Waals surface area contributed by atoms with E-state index >= 15 is 0 Å². The van der Waals surface area contributed by atoms with E-state index in [9.17, 15) is 13.2 Å². The minimum Gasteiger partial charge on any atom is -0.392 e. The lowest BCUT2D eigenvalue weighted by Gasteiger charge is -2.09. The van der Waals surface area contributed by atoms with Crippen LogP contribution < -0.4 is 5.32 Å². The summed E-state index contributed by atoms with van der Waals surface area (Å²) in [5, 5.41) is 11.9. The van der Waals surface area contributed by atoms with Gasteiger partial charge >= 0.3 is 0 Å². The monoisotopic (exact) mass is 267 g/mol. The molecule has 2 N–H and O–H groups in total. The molecule has 0 heterocycles. The first kappa shape index (κ1) is 13.4. The van der Waals surface area contributed by atoms with E-state index in [4.69, 9.17) is 5.11 Å². The van der Waals surface area contributed by atoms with Crippen LogP contribution in [0.3, 0.4) is 0 Å². The molecule has 0 aliphatic carbocycles. The third-order valence-corrected chi connectivity index (χ3v) is 2.68. The Balaban J connectivity index is 2.12. The second-order valence-electron chi connectivity index (χ2n) is 4.07. The van der Waals surface area contributed by atoms with Crippen LogP contribution in [0, 0.1) is 17.5 Å². The summed E-state index contributed by atoms with van der Waals surface area (Å²) < 4.78 is 39.2. The smallest absolute Gasteiger partial charge is 0.161 e. The summed E-state index contributed by atoms with van der Waals surface area (Å²) in [4.78, 5) is 0. The average molecular weight is 267 g/mol. The third-order valence-electron chi connectivity index (χ3n) is 2.68. The van der Waals surface area contributed by atoms with Gasteiger partial charge in [-0.3, -0.25) is 0 Å². The first-order chi connectivity index (χ1) is 9.10. The molecule has 0 bridgehead atoms. The van der Waals surface area contributed by atoms with Gasteiger partial charge in [-0.2, -0.15) is 0 Å². The van der Waals surface area contributed by atoms with E-state index in [1.165, 1.54) is 0 Å². The van der Waals surface area contributed by atoms with Crippen LogP contribution in [0.5, 0.6) is 0 Å². The number of halogens is 3. The molecule has 0 aliphatic rings. The Morgan fingerprint density at radius 2 is 1.68 bits per heavy atom. The predicted molar refractivity (Wildman–Crippen MR) is 66.0 cm³/mol. The fourth-order valence-electron chi connectivity index (χ4n) is 1.68. The number of aliphatic hydroxyl groups is 1. The number of rotatable bonds is 4. The predicted octanol–water partition coefficient (Wildman–Crippen LogP) is 3.21. The van der Waals surface area contributed by atoms with E-state index in [-0.39, 0.29) is 18.7 Å². The lowest BCUT2D eigenvalue weighted by molar-refractivity contribution is 0.282. The van der Waals surface area contributed by atoms with Gasteiger partial charge < -0.3 is 10.4 Å². The van der Waals surface area contributed by atoms with Crippen LogP contribution in [0.2, 0.25) is 0 Å². The normalized spacial score (nSPS) is 10.5. The molecule has 0 atom stereocenters. The van der Waals surface area contributed by atoms with Crippen LogP contribution in [0.1, 0.15) is 11.1 Å². The van der Waals surface area contributed by atoms with Crippen LogP contribution >= 0.6 is 0 Å². The largest absolute Gasteiger partial charge is 0.392 e. The third kappa shape index (κ3) is 3.26. The van der Waals surface area contributed by atoms with Gasteiger partial charge in [-0.15, -0.1) is 0 Å². The van der Waals surface area contributed by atoms with Gasteiger partial charge in [0.05, 0.1) is 6.61 Å². The van der Waals surface area contributed by atoms with Crippen molar-refractivity contribution in [2.45, 2.75) is 13.2 Å². The molecule has 2 aromatic rings. The SMILES string of the molecule is OCc1cccc(NCc2cc(F)c(F)cc2F)c1. The van der Waals surface area contributed by atoms with E-state index in [0.29, 0.717) is 17.3 Å². The van der Waals surface area contributed by atoms with Crippen molar-refractivity contribution in [3.05, 3.63) is 65.0 Å². The molecule has 0 radical (unpaired) electrons. The summed E-state index contributed by atoms with van der Waals surface area (Å²) in [6.07, 6.45) is 0. The summed E-state index contributed by atoms with van der Waals surface area (Å²) in [5.74, 6) is -3.09. The molecule has 0 fully saturated rings. The molecule has 2 nitrogen and oxygen atoms in total. The highest BCUT2D eigenvalue weighted by molar-refractivity contribution is 5.46. The molecule has 2 rings (SSSR count). The van der Waals surface area contributed by atoms with Gasteiger partial charge in [0.2, 0.25) is 0 Å². The van der Waals surface area contributed by atoms with Crippen LogP contribution in [0.4, 0.5) is 18.9 Å². The number of nitrogens with one attached hydrogen (secondary N) is 1. The Morgan fingerprint density at radius 3 is 2.42 bits per heavy atom. The van der Waals surface area contributed by atoms with Gasteiger partial charge in [0.1, 0.15) is 5.82 Å². The molecule has 2 aromatic carbocycles. The van der Waals surface area contributed by atoms with Gasteiger partial charge in [0.15, 0.2) is 11.6 Å². The molecule has 0 saturated heterocycles. The topological polar surface area (TPSA) is 32.3 Å². The number of hydrogen-bond donors (Lipinski definition) is 2. The fourth-order valence-corrected chi connectivity index (χ4v) is 1.68. The maximum atomic E-state index is 13.4. The Kier molecular flexibility index (Phi) is 4.06. The molecule has 0 amide bonds. The maximum absolute atomic E-state index is 13.4. The Hall–Kier alpha value is -2.01. The van der Waals surface area contributed by atoms with Crippen molar-refractivity contribution in [3.63, 3.8) is 0 Å². The lowest BCUT2D eigenvalue weighted by Crippen LogP contribution is -2.04. The molecular weight excluding hydrogens is 255 g/mol. The summed E-state index contributed by atoms with van der Waals surface area (Å²) >= 11 is 0. The lowest BCUT2D eigenvalue weighted by atomic mass is 10.1. The zero-order valence-corrected chi connectivity index (χ0v) is 9.96. The van der Waals surface area contributed by atoms with Crippen molar-refractivity contribution in [3.8, 4) is 0 Å². The van der Waals surface area contributed by atoms with Crippen molar-refractivity contribution in [2.75, 3.05) is 5.32 Å². The summed E-state index contributed by atoms with van der Waals surface area (Å²) in [7, 11) is 0.